The second kappa shape index (κ2) is 7.38. The number of ether oxygens (including phenoxy) is 1. The van der Waals surface area contributed by atoms with Crippen molar-refractivity contribution in [3.05, 3.63) is 24.3 Å². The Hall–Kier alpha value is -1.50. The quantitative estimate of drug-likeness (QED) is 0.821. The van der Waals surface area contributed by atoms with Crippen LogP contribution < -0.4 is 5.32 Å². The van der Waals surface area contributed by atoms with Gasteiger partial charge < -0.3 is 15.0 Å². The summed E-state index contributed by atoms with van der Waals surface area (Å²) in [4.78, 5) is 14.2. The molecule has 1 atom stereocenters. The number of likely N-dealkylation sites (tertiary alicyclic amines) is 1. The Morgan fingerprint density at radius 1 is 1.39 bits per heavy atom. The number of nitrogens with one attached hydrogen (secondary N) is 1. The normalized spacial score (nSPS) is 18.3. The highest BCUT2D eigenvalue weighted by Gasteiger charge is 2.30. The van der Waals surface area contributed by atoms with E-state index in [9.17, 15) is 13.6 Å². The SMILES string of the molecule is CC(C)(C)OC(=O)N1CCC(Nc2ccccc2SC(F)F)C1. The average molecular weight is 344 g/mol. The summed E-state index contributed by atoms with van der Waals surface area (Å²) in [5, 5.41) is 3.26. The molecule has 23 heavy (non-hydrogen) atoms. The first-order valence-electron chi connectivity index (χ1n) is 7.53. The number of thioether (sulfide) groups is 1. The van der Waals surface area contributed by atoms with E-state index in [1.165, 1.54) is 0 Å². The van der Waals surface area contributed by atoms with Crippen LogP contribution in [0.4, 0.5) is 19.3 Å². The summed E-state index contributed by atoms with van der Waals surface area (Å²) in [7, 11) is 0. The zero-order valence-electron chi connectivity index (χ0n) is 13.5. The molecule has 7 heteroatoms. The van der Waals surface area contributed by atoms with E-state index in [0.717, 1.165) is 6.42 Å². The Kier molecular flexibility index (Phi) is 5.73. The van der Waals surface area contributed by atoms with Gasteiger partial charge in [0.2, 0.25) is 0 Å². The van der Waals surface area contributed by atoms with Crippen molar-refractivity contribution in [1.29, 1.82) is 0 Å². The van der Waals surface area contributed by atoms with Gasteiger partial charge in [0.15, 0.2) is 0 Å². The second-order valence-electron chi connectivity index (χ2n) is 6.43. The molecule has 1 amide bonds. The first kappa shape index (κ1) is 17.8. The van der Waals surface area contributed by atoms with E-state index in [0.29, 0.717) is 35.4 Å². The van der Waals surface area contributed by atoms with E-state index in [2.05, 4.69) is 5.32 Å². The number of benzene rings is 1. The van der Waals surface area contributed by atoms with Crippen LogP contribution in [0.1, 0.15) is 27.2 Å². The molecular formula is C16H22F2N2O2S. The third-order valence-corrected chi connectivity index (χ3v) is 4.09. The van der Waals surface area contributed by atoms with Gasteiger partial charge in [-0.25, -0.2) is 4.79 Å². The van der Waals surface area contributed by atoms with Crippen LogP contribution in [-0.4, -0.2) is 41.5 Å². The van der Waals surface area contributed by atoms with Gasteiger partial charge in [-0.15, -0.1) is 0 Å². The van der Waals surface area contributed by atoms with Crippen molar-refractivity contribution < 1.29 is 18.3 Å². The third-order valence-electron chi connectivity index (χ3n) is 3.30. The molecule has 128 valence electrons. The highest BCUT2D eigenvalue weighted by Crippen LogP contribution is 2.32. The highest BCUT2D eigenvalue weighted by molar-refractivity contribution is 7.99. The fourth-order valence-corrected chi connectivity index (χ4v) is 2.98. The fraction of sp³-hybridized carbons (Fsp3) is 0.562. The van der Waals surface area contributed by atoms with Gasteiger partial charge in [-0.05, 0) is 39.3 Å². The van der Waals surface area contributed by atoms with Crippen LogP contribution in [0.15, 0.2) is 29.2 Å². The van der Waals surface area contributed by atoms with E-state index >= 15 is 0 Å². The molecule has 1 fully saturated rings. The minimum Gasteiger partial charge on any atom is -0.444 e. The summed E-state index contributed by atoms with van der Waals surface area (Å²) in [5.41, 5.74) is 0.150. The number of amides is 1. The third kappa shape index (κ3) is 5.57. The standard InChI is InChI=1S/C16H22F2N2O2S/c1-16(2,3)22-15(21)20-9-8-11(10-20)19-12-6-4-5-7-13(12)23-14(17)18/h4-7,11,14,19H,8-10H2,1-3H3. The molecule has 2 rings (SSSR count). The Morgan fingerprint density at radius 2 is 2.09 bits per heavy atom. The van der Waals surface area contributed by atoms with Gasteiger partial charge in [-0.3, -0.25) is 0 Å². The zero-order valence-corrected chi connectivity index (χ0v) is 14.3. The summed E-state index contributed by atoms with van der Waals surface area (Å²) in [6, 6.07) is 7.01. The number of para-hydroxylation sites is 1. The number of nitrogens with zero attached hydrogens (tertiary/aromatic N) is 1. The Labute approximate surface area is 139 Å². The topological polar surface area (TPSA) is 41.6 Å². The number of alkyl halides is 2. The lowest BCUT2D eigenvalue weighted by molar-refractivity contribution is 0.0293. The largest absolute Gasteiger partial charge is 0.444 e. The second-order valence-corrected chi connectivity index (χ2v) is 7.46. The maximum absolute atomic E-state index is 12.6. The van der Waals surface area contributed by atoms with E-state index in [4.69, 9.17) is 4.74 Å². The van der Waals surface area contributed by atoms with E-state index < -0.39 is 11.4 Å². The summed E-state index contributed by atoms with van der Waals surface area (Å²) in [5.74, 6) is -2.46. The van der Waals surface area contributed by atoms with Gasteiger partial charge in [-0.2, -0.15) is 8.78 Å². The van der Waals surface area contributed by atoms with Crippen LogP contribution in [0.25, 0.3) is 0 Å². The van der Waals surface area contributed by atoms with Crippen LogP contribution in [-0.2, 0) is 4.74 Å². The van der Waals surface area contributed by atoms with E-state index in [-0.39, 0.29) is 12.1 Å². The highest BCUT2D eigenvalue weighted by atomic mass is 32.2. The minimum atomic E-state index is -2.46. The molecule has 1 aliphatic rings. The van der Waals surface area contributed by atoms with Crippen LogP contribution in [0.2, 0.25) is 0 Å². The molecule has 0 spiro atoms. The van der Waals surface area contributed by atoms with Gasteiger partial charge in [0.05, 0.1) is 0 Å². The average Bonchev–Trinajstić information content (AvgIpc) is 2.87. The van der Waals surface area contributed by atoms with Crippen molar-refractivity contribution in [2.45, 2.75) is 49.5 Å². The number of rotatable bonds is 4. The summed E-state index contributed by atoms with van der Waals surface area (Å²) < 4.78 is 30.6. The Balaban J connectivity index is 1.95. The maximum atomic E-state index is 12.6. The monoisotopic (exact) mass is 344 g/mol. The number of halogens is 2. The lowest BCUT2D eigenvalue weighted by Gasteiger charge is -2.24. The van der Waals surface area contributed by atoms with Gasteiger partial charge in [-0.1, -0.05) is 23.9 Å². The maximum Gasteiger partial charge on any atom is 0.410 e. The summed E-state index contributed by atoms with van der Waals surface area (Å²) >= 11 is 0.522. The first-order chi connectivity index (χ1) is 10.7. The first-order valence-corrected chi connectivity index (χ1v) is 8.41. The van der Waals surface area contributed by atoms with Crippen molar-refractivity contribution in [1.82, 2.24) is 4.90 Å². The van der Waals surface area contributed by atoms with Crippen LogP contribution in [0, 0.1) is 0 Å². The molecule has 0 bridgehead atoms. The molecule has 1 heterocycles. The molecule has 0 aromatic heterocycles. The van der Waals surface area contributed by atoms with Crippen molar-refractivity contribution in [3.8, 4) is 0 Å². The minimum absolute atomic E-state index is 0.0296. The molecule has 1 saturated heterocycles. The lowest BCUT2D eigenvalue weighted by atomic mass is 10.2. The number of hydrogen-bond donors (Lipinski definition) is 1. The summed E-state index contributed by atoms with van der Waals surface area (Å²) in [6.07, 6.45) is 0.421. The van der Waals surface area contributed by atoms with Crippen LogP contribution in [0.3, 0.4) is 0 Å². The molecule has 0 aliphatic carbocycles. The molecule has 1 aromatic rings. The van der Waals surface area contributed by atoms with Crippen LogP contribution >= 0.6 is 11.8 Å². The molecule has 1 aliphatic heterocycles. The van der Waals surface area contributed by atoms with Gasteiger partial charge in [0.1, 0.15) is 5.60 Å². The van der Waals surface area contributed by atoms with Crippen molar-refractivity contribution in [2.75, 3.05) is 18.4 Å². The molecule has 4 nitrogen and oxygen atoms in total. The zero-order chi connectivity index (χ0) is 17.0. The van der Waals surface area contributed by atoms with E-state index in [1.807, 2.05) is 20.8 Å². The number of carbonyl (C=O) groups excluding carboxylic acids is 1. The molecule has 0 radical (unpaired) electrons. The lowest BCUT2D eigenvalue weighted by Crippen LogP contribution is -2.36. The number of anilines is 1. The fourth-order valence-electron chi connectivity index (χ4n) is 2.37. The summed E-state index contributed by atoms with van der Waals surface area (Å²) in [6.45, 7) is 6.58. The van der Waals surface area contributed by atoms with Crippen LogP contribution in [0.5, 0.6) is 0 Å². The smallest absolute Gasteiger partial charge is 0.410 e. The molecule has 0 saturated carbocycles. The Bertz CT molecular complexity index is 549. The molecular weight excluding hydrogens is 322 g/mol. The van der Waals surface area contributed by atoms with Gasteiger partial charge in [0, 0.05) is 29.7 Å². The molecule has 1 N–H and O–H groups in total. The van der Waals surface area contributed by atoms with Crippen molar-refractivity contribution in [3.63, 3.8) is 0 Å². The Morgan fingerprint density at radius 3 is 2.74 bits per heavy atom. The predicted octanol–water partition coefficient (Wildman–Crippen LogP) is 4.42. The van der Waals surface area contributed by atoms with Crippen molar-refractivity contribution in [2.24, 2.45) is 0 Å². The van der Waals surface area contributed by atoms with Gasteiger partial charge >= 0.3 is 6.09 Å². The molecule has 1 aromatic carbocycles. The molecule has 1 unspecified atom stereocenters. The predicted molar refractivity (Wildman–Crippen MR) is 88.1 cm³/mol. The number of carbonyl (C=O) groups is 1. The van der Waals surface area contributed by atoms with Crippen molar-refractivity contribution >= 4 is 23.5 Å². The van der Waals surface area contributed by atoms with E-state index in [1.54, 1.807) is 29.2 Å². The number of hydrogen-bond acceptors (Lipinski definition) is 4. The van der Waals surface area contributed by atoms with Gasteiger partial charge in [0.25, 0.3) is 5.76 Å².